The van der Waals surface area contributed by atoms with Gasteiger partial charge in [-0.15, -0.1) is 0 Å². The lowest BCUT2D eigenvalue weighted by Crippen LogP contribution is -2.14. The minimum atomic E-state index is -4.61. The van der Waals surface area contributed by atoms with Crippen molar-refractivity contribution >= 4 is 28.9 Å². The summed E-state index contributed by atoms with van der Waals surface area (Å²) in [7, 11) is 0. The summed E-state index contributed by atoms with van der Waals surface area (Å²) >= 11 is 0. The molecule has 3 N–H and O–H groups in total. The standard InChI is InChI=1S/C31H27F3N8O/c1-18-5-6-20(30(43)40-23-11-21(31(32,33)34)12-24(13-23)42-15-19(2)38-17-42)10-26(18)41-29-25(4-3-9-35-29)27-14-28(37-16-36-27)39-22-7-8-22/h3-6,9-17,22H,7-8H2,1-2H3,(H,35,41)(H,40,43)(H,36,37,39). The van der Waals surface area contributed by atoms with Crippen molar-refractivity contribution in [1.29, 1.82) is 0 Å². The number of aromatic nitrogens is 5. The predicted molar refractivity (Wildman–Crippen MR) is 158 cm³/mol. The Hall–Kier alpha value is -5.26. The fourth-order valence-corrected chi connectivity index (χ4v) is 4.52. The number of anilines is 4. The van der Waals surface area contributed by atoms with E-state index in [4.69, 9.17) is 0 Å². The van der Waals surface area contributed by atoms with Crippen LogP contribution in [0.25, 0.3) is 16.9 Å². The molecule has 1 fully saturated rings. The summed E-state index contributed by atoms with van der Waals surface area (Å²) < 4.78 is 42.6. The lowest BCUT2D eigenvalue weighted by atomic mass is 10.1. The first-order chi connectivity index (χ1) is 20.6. The van der Waals surface area contributed by atoms with E-state index in [0.29, 0.717) is 28.9 Å². The quantitative estimate of drug-likeness (QED) is 0.181. The summed E-state index contributed by atoms with van der Waals surface area (Å²) in [4.78, 5) is 30.6. The zero-order valence-electron chi connectivity index (χ0n) is 23.3. The first-order valence-electron chi connectivity index (χ1n) is 13.6. The van der Waals surface area contributed by atoms with Crippen LogP contribution >= 0.6 is 0 Å². The Bertz CT molecular complexity index is 1810. The maximum atomic E-state index is 13.7. The summed E-state index contributed by atoms with van der Waals surface area (Å²) in [5.41, 5.74) is 3.09. The van der Waals surface area contributed by atoms with Gasteiger partial charge in [-0.25, -0.2) is 19.9 Å². The van der Waals surface area contributed by atoms with Gasteiger partial charge in [-0.05, 0) is 74.7 Å². The van der Waals surface area contributed by atoms with E-state index >= 15 is 0 Å². The van der Waals surface area contributed by atoms with E-state index in [2.05, 4.69) is 35.9 Å². The number of halogens is 3. The highest BCUT2D eigenvalue weighted by molar-refractivity contribution is 6.05. The van der Waals surface area contributed by atoms with E-state index in [0.717, 1.165) is 41.9 Å². The molecule has 0 unspecified atom stereocenters. The van der Waals surface area contributed by atoms with E-state index in [1.165, 1.54) is 23.3 Å². The highest BCUT2D eigenvalue weighted by atomic mass is 19.4. The molecule has 1 aliphatic carbocycles. The summed E-state index contributed by atoms with van der Waals surface area (Å²) in [5.74, 6) is 0.693. The molecular weight excluding hydrogens is 557 g/mol. The average Bonchev–Trinajstić information content (AvgIpc) is 3.69. The smallest absolute Gasteiger partial charge is 0.367 e. The first kappa shape index (κ1) is 27.9. The molecular formula is C31H27F3N8O. The van der Waals surface area contributed by atoms with Crippen molar-refractivity contribution < 1.29 is 18.0 Å². The predicted octanol–water partition coefficient (Wildman–Crippen LogP) is 6.93. The van der Waals surface area contributed by atoms with Crippen molar-refractivity contribution in [2.75, 3.05) is 16.0 Å². The molecule has 218 valence electrons. The van der Waals surface area contributed by atoms with Gasteiger partial charge >= 0.3 is 6.18 Å². The normalized spacial score (nSPS) is 13.0. The van der Waals surface area contributed by atoms with Gasteiger partial charge < -0.3 is 20.5 Å². The Morgan fingerprint density at radius 3 is 2.56 bits per heavy atom. The van der Waals surface area contributed by atoms with Gasteiger partial charge in [-0.3, -0.25) is 4.79 Å². The third-order valence-corrected chi connectivity index (χ3v) is 6.95. The lowest BCUT2D eigenvalue weighted by molar-refractivity contribution is -0.137. The van der Waals surface area contributed by atoms with Gasteiger partial charge in [-0.2, -0.15) is 13.2 Å². The summed E-state index contributed by atoms with van der Waals surface area (Å²) in [5, 5.41) is 9.29. The number of aryl methyl sites for hydroxylation is 2. The average molecular weight is 585 g/mol. The van der Waals surface area contributed by atoms with Crippen LogP contribution in [0.1, 0.15) is 40.0 Å². The minimum absolute atomic E-state index is 0.00245. The Balaban J connectivity index is 1.27. The van der Waals surface area contributed by atoms with Gasteiger partial charge in [-0.1, -0.05) is 6.07 Å². The number of rotatable bonds is 8. The molecule has 12 heteroatoms. The molecule has 0 atom stereocenters. The molecule has 2 aromatic carbocycles. The highest BCUT2D eigenvalue weighted by Gasteiger charge is 2.31. The topological polar surface area (TPSA) is 110 Å². The van der Waals surface area contributed by atoms with Gasteiger partial charge in [0.15, 0.2) is 0 Å². The summed E-state index contributed by atoms with van der Waals surface area (Å²) in [6.07, 6.45) is 3.80. The fraction of sp³-hybridized carbons (Fsp3) is 0.194. The van der Waals surface area contributed by atoms with E-state index in [1.54, 1.807) is 37.5 Å². The number of amides is 1. The second-order valence-corrected chi connectivity index (χ2v) is 10.4. The van der Waals surface area contributed by atoms with Crippen LogP contribution in [0.15, 0.2) is 79.6 Å². The SMILES string of the molecule is Cc1cn(-c2cc(NC(=O)c3ccc(C)c(Nc4ncccc4-c4cc(NC5CC5)ncn4)c3)cc(C(F)(F)F)c2)cn1. The highest BCUT2D eigenvalue weighted by Crippen LogP contribution is 2.34. The van der Waals surface area contributed by atoms with Crippen LogP contribution in [0.3, 0.4) is 0 Å². The van der Waals surface area contributed by atoms with E-state index in [-0.39, 0.29) is 16.9 Å². The molecule has 0 saturated heterocycles. The molecule has 6 rings (SSSR count). The number of alkyl halides is 3. The molecule has 5 aromatic rings. The fourth-order valence-electron chi connectivity index (χ4n) is 4.52. The zero-order valence-corrected chi connectivity index (χ0v) is 23.3. The maximum Gasteiger partial charge on any atom is 0.416 e. The molecule has 0 spiro atoms. The zero-order chi connectivity index (χ0) is 30.1. The van der Waals surface area contributed by atoms with Crippen LogP contribution in [0.4, 0.5) is 36.2 Å². The number of hydrogen-bond acceptors (Lipinski definition) is 7. The molecule has 3 aromatic heterocycles. The minimum Gasteiger partial charge on any atom is -0.367 e. The Morgan fingerprint density at radius 2 is 1.81 bits per heavy atom. The van der Waals surface area contributed by atoms with E-state index in [9.17, 15) is 18.0 Å². The molecule has 0 aliphatic heterocycles. The van der Waals surface area contributed by atoms with Crippen molar-refractivity contribution in [2.45, 2.75) is 38.9 Å². The summed E-state index contributed by atoms with van der Waals surface area (Å²) in [6, 6.07) is 14.4. The van der Waals surface area contributed by atoms with E-state index < -0.39 is 17.6 Å². The molecule has 9 nitrogen and oxygen atoms in total. The van der Waals surface area contributed by atoms with Crippen LogP contribution in [-0.2, 0) is 6.18 Å². The molecule has 1 aliphatic rings. The number of nitrogens with one attached hydrogen (secondary N) is 3. The molecule has 3 heterocycles. The number of nitrogens with zero attached hydrogens (tertiary/aromatic N) is 5. The van der Waals surface area contributed by atoms with Crippen molar-refractivity contribution in [3.63, 3.8) is 0 Å². The van der Waals surface area contributed by atoms with Gasteiger partial charge in [0.1, 0.15) is 18.0 Å². The van der Waals surface area contributed by atoms with Gasteiger partial charge in [0.05, 0.1) is 23.3 Å². The van der Waals surface area contributed by atoms with Crippen LogP contribution in [0.2, 0.25) is 0 Å². The van der Waals surface area contributed by atoms with Gasteiger partial charge in [0, 0.05) is 52.7 Å². The second kappa shape index (κ2) is 11.2. The van der Waals surface area contributed by atoms with Gasteiger partial charge in [0.2, 0.25) is 0 Å². The number of benzene rings is 2. The van der Waals surface area contributed by atoms with Crippen LogP contribution in [-0.4, -0.2) is 36.5 Å². The molecule has 43 heavy (non-hydrogen) atoms. The molecule has 1 amide bonds. The number of hydrogen-bond donors (Lipinski definition) is 3. The monoisotopic (exact) mass is 584 g/mol. The van der Waals surface area contributed by atoms with Crippen molar-refractivity contribution in [1.82, 2.24) is 24.5 Å². The lowest BCUT2D eigenvalue weighted by Gasteiger charge is -2.15. The Morgan fingerprint density at radius 1 is 0.977 bits per heavy atom. The molecule has 0 bridgehead atoms. The van der Waals surface area contributed by atoms with Crippen LogP contribution in [0, 0.1) is 13.8 Å². The van der Waals surface area contributed by atoms with Crippen LogP contribution < -0.4 is 16.0 Å². The largest absolute Gasteiger partial charge is 0.416 e. The first-order valence-corrected chi connectivity index (χ1v) is 13.6. The van der Waals surface area contributed by atoms with Crippen molar-refractivity contribution in [3.05, 3.63) is 102 Å². The maximum absolute atomic E-state index is 13.7. The van der Waals surface area contributed by atoms with Crippen molar-refractivity contribution in [3.8, 4) is 16.9 Å². The number of pyridine rings is 1. The second-order valence-electron chi connectivity index (χ2n) is 10.4. The molecule has 0 radical (unpaired) electrons. The Labute approximate surface area is 245 Å². The number of carbonyl (C=O) groups excluding carboxylic acids is 1. The number of imidazole rings is 1. The third kappa shape index (κ3) is 6.48. The Kier molecular flexibility index (Phi) is 7.26. The van der Waals surface area contributed by atoms with E-state index in [1.807, 2.05) is 25.1 Å². The molecule has 1 saturated carbocycles. The van der Waals surface area contributed by atoms with Crippen molar-refractivity contribution in [2.24, 2.45) is 0 Å². The number of carbonyl (C=O) groups is 1. The van der Waals surface area contributed by atoms with Crippen LogP contribution in [0.5, 0.6) is 0 Å². The summed E-state index contributed by atoms with van der Waals surface area (Å²) in [6.45, 7) is 3.61. The third-order valence-electron chi connectivity index (χ3n) is 6.95. The van der Waals surface area contributed by atoms with Gasteiger partial charge in [0.25, 0.3) is 5.91 Å².